The van der Waals surface area contributed by atoms with Crippen LogP contribution in [-0.2, 0) is 16.1 Å². The van der Waals surface area contributed by atoms with Crippen LogP contribution in [0.15, 0.2) is 59.3 Å². The average Bonchev–Trinajstić information content (AvgIpc) is 3.14. The Bertz CT molecular complexity index is 1330. The van der Waals surface area contributed by atoms with Gasteiger partial charge < -0.3 is 20.3 Å². The Balaban J connectivity index is 1.38. The van der Waals surface area contributed by atoms with Crippen molar-refractivity contribution in [1.29, 1.82) is 0 Å². The molecule has 0 unspecified atom stereocenters. The first-order valence-electron chi connectivity index (χ1n) is 10.4. The fourth-order valence-corrected chi connectivity index (χ4v) is 4.03. The highest BCUT2D eigenvalue weighted by molar-refractivity contribution is 9.10. The lowest BCUT2D eigenvalue weighted by Gasteiger charge is -2.23. The van der Waals surface area contributed by atoms with Gasteiger partial charge in [0.05, 0.1) is 12.1 Å². The molecule has 5 rings (SSSR count). The third-order valence-electron chi connectivity index (χ3n) is 5.32. The van der Waals surface area contributed by atoms with Crippen molar-refractivity contribution in [1.82, 2.24) is 29.8 Å². The van der Waals surface area contributed by atoms with E-state index in [1.54, 1.807) is 4.52 Å². The molecule has 2 aromatic carbocycles. The molecule has 168 valence electrons. The third-order valence-corrected chi connectivity index (χ3v) is 5.66. The lowest BCUT2D eigenvalue weighted by Crippen LogP contribution is -2.44. The van der Waals surface area contributed by atoms with Gasteiger partial charge in [-0.15, -0.1) is 5.10 Å². The summed E-state index contributed by atoms with van der Waals surface area (Å²) in [6.07, 6.45) is -0.484. The molecule has 0 saturated carbocycles. The molecule has 10 nitrogen and oxygen atoms in total. The molecule has 1 aliphatic rings. The number of nitrogens with one attached hydrogen (secondary N) is 2. The first-order valence-corrected chi connectivity index (χ1v) is 11.2. The van der Waals surface area contributed by atoms with E-state index in [4.69, 9.17) is 4.74 Å². The summed E-state index contributed by atoms with van der Waals surface area (Å²) in [4.78, 5) is 36.0. The molecule has 1 atom stereocenters. The van der Waals surface area contributed by atoms with E-state index in [-0.39, 0.29) is 19.1 Å². The number of anilines is 1. The van der Waals surface area contributed by atoms with E-state index in [0.29, 0.717) is 34.9 Å². The van der Waals surface area contributed by atoms with E-state index >= 15 is 0 Å². The number of hydrogen-bond acceptors (Lipinski definition) is 7. The molecule has 2 N–H and O–H groups in total. The predicted molar refractivity (Wildman–Crippen MR) is 125 cm³/mol. The first kappa shape index (κ1) is 21.1. The van der Waals surface area contributed by atoms with Gasteiger partial charge in [0.25, 0.3) is 0 Å². The molecule has 1 fully saturated rings. The molecule has 1 saturated heterocycles. The highest BCUT2D eigenvalue weighted by Crippen LogP contribution is 2.22. The zero-order valence-corrected chi connectivity index (χ0v) is 19.0. The SMILES string of the molecule is O=C1NCCN(C(=O)OCc2ccccc2)C[C@H]1Nc1nc2ccccc2c2nc(Br)nn12. The van der Waals surface area contributed by atoms with Gasteiger partial charge in [0.1, 0.15) is 12.6 Å². The van der Waals surface area contributed by atoms with Gasteiger partial charge in [-0.2, -0.15) is 4.52 Å². The lowest BCUT2D eigenvalue weighted by molar-refractivity contribution is -0.121. The summed E-state index contributed by atoms with van der Waals surface area (Å²) in [5.41, 5.74) is 2.20. The number of aromatic nitrogens is 4. The van der Waals surface area contributed by atoms with Gasteiger partial charge in [0.15, 0.2) is 5.65 Å². The van der Waals surface area contributed by atoms with Crippen LogP contribution in [0.3, 0.4) is 0 Å². The van der Waals surface area contributed by atoms with E-state index in [9.17, 15) is 9.59 Å². The van der Waals surface area contributed by atoms with Crippen LogP contribution in [0, 0.1) is 0 Å². The number of fused-ring (bicyclic) bond motifs is 3. The number of para-hydroxylation sites is 1. The van der Waals surface area contributed by atoms with Crippen LogP contribution >= 0.6 is 15.9 Å². The van der Waals surface area contributed by atoms with Crippen LogP contribution in [0.4, 0.5) is 10.7 Å². The minimum absolute atomic E-state index is 0.116. The number of benzene rings is 2. The topological polar surface area (TPSA) is 114 Å². The highest BCUT2D eigenvalue weighted by Gasteiger charge is 2.29. The van der Waals surface area contributed by atoms with E-state index in [1.165, 1.54) is 4.90 Å². The van der Waals surface area contributed by atoms with Crippen LogP contribution in [-0.4, -0.2) is 62.2 Å². The van der Waals surface area contributed by atoms with Crippen LogP contribution in [0.2, 0.25) is 0 Å². The van der Waals surface area contributed by atoms with E-state index in [1.807, 2.05) is 54.6 Å². The van der Waals surface area contributed by atoms with Crippen molar-refractivity contribution in [2.45, 2.75) is 12.6 Å². The van der Waals surface area contributed by atoms with E-state index < -0.39 is 12.1 Å². The number of nitrogens with zero attached hydrogens (tertiary/aromatic N) is 5. The molecule has 1 aliphatic heterocycles. The minimum Gasteiger partial charge on any atom is -0.445 e. The standard InChI is InChI=1S/C22H20BrN7O3/c23-20-27-18-15-8-4-5-9-16(15)25-21(30(18)28-20)26-17-12-29(11-10-24-19(17)31)22(32)33-13-14-6-2-1-3-7-14/h1-9,17H,10-13H2,(H,24,31)(H,25,26)/t17-/m1/s1. The molecule has 0 spiro atoms. The van der Waals surface area contributed by atoms with Crippen molar-refractivity contribution < 1.29 is 14.3 Å². The van der Waals surface area contributed by atoms with Crippen LogP contribution in [0.5, 0.6) is 0 Å². The Morgan fingerprint density at radius 3 is 2.79 bits per heavy atom. The number of ether oxygens (including phenoxy) is 1. The fourth-order valence-electron chi connectivity index (χ4n) is 3.70. The monoisotopic (exact) mass is 509 g/mol. The Labute approximate surface area is 197 Å². The normalized spacial score (nSPS) is 16.5. The van der Waals surface area contributed by atoms with E-state index in [0.717, 1.165) is 10.9 Å². The molecule has 4 aromatic rings. The molecule has 2 aromatic heterocycles. The van der Waals surface area contributed by atoms with Crippen molar-refractivity contribution in [2.24, 2.45) is 0 Å². The van der Waals surface area contributed by atoms with Gasteiger partial charge in [-0.3, -0.25) is 4.79 Å². The van der Waals surface area contributed by atoms with Crippen molar-refractivity contribution in [3.8, 4) is 0 Å². The number of hydrogen-bond donors (Lipinski definition) is 2. The summed E-state index contributed by atoms with van der Waals surface area (Å²) >= 11 is 3.31. The molecular formula is C22H20BrN7O3. The van der Waals surface area contributed by atoms with Crippen LogP contribution in [0.25, 0.3) is 16.6 Å². The maximum absolute atomic E-state index is 12.7. The summed E-state index contributed by atoms with van der Waals surface area (Å²) < 4.78 is 7.41. The van der Waals surface area contributed by atoms with Gasteiger partial charge in [-0.05, 0) is 33.6 Å². The number of rotatable bonds is 4. The third kappa shape index (κ3) is 4.44. The predicted octanol–water partition coefficient (Wildman–Crippen LogP) is 2.59. The van der Waals surface area contributed by atoms with Gasteiger partial charge in [0, 0.05) is 18.5 Å². The van der Waals surface area contributed by atoms with Gasteiger partial charge in [-0.25, -0.2) is 14.8 Å². The number of carbonyl (C=O) groups excluding carboxylic acids is 2. The minimum atomic E-state index is -0.753. The zero-order chi connectivity index (χ0) is 22.8. The molecule has 2 amide bonds. The van der Waals surface area contributed by atoms with Crippen molar-refractivity contribution >= 4 is 50.4 Å². The first-order chi connectivity index (χ1) is 16.1. The van der Waals surface area contributed by atoms with Crippen LogP contribution in [0.1, 0.15) is 5.56 Å². The zero-order valence-electron chi connectivity index (χ0n) is 17.4. The van der Waals surface area contributed by atoms with Gasteiger partial charge >= 0.3 is 6.09 Å². The average molecular weight is 510 g/mol. The largest absolute Gasteiger partial charge is 0.445 e. The molecule has 0 radical (unpaired) electrons. The van der Waals surface area contributed by atoms with Crippen molar-refractivity contribution in [3.63, 3.8) is 0 Å². The van der Waals surface area contributed by atoms with E-state index in [2.05, 4.69) is 41.6 Å². The summed E-state index contributed by atoms with van der Waals surface area (Å²) in [6.45, 7) is 0.945. The van der Waals surface area contributed by atoms with Crippen molar-refractivity contribution in [3.05, 3.63) is 64.9 Å². The Morgan fingerprint density at radius 1 is 1.15 bits per heavy atom. The quantitative estimate of drug-likeness (QED) is 0.434. The number of carbonyl (C=O) groups is 2. The summed E-state index contributed by atoms with van der Waals surface area (Å²) in [5, 5.41) is 11.2. The Morgan fingerprint density at radius 2 is 1.94 bits per heavy atom. The molecule has 11 heteroatoms. The highest BCUT2D eigenvalue weighted by atomic mass is 79.9. The maximum atomic E-state index is 12.7. The smallest absolute Gasteiger partial charge is 0.410 e. The number of halogens is 1. The second kappa shape index (κ2) is 9.02. The maximum Gasteiger partial charge on any atom is 0.410 e. The molecular weight excluding hydrogens is 490 g/mol. The summed E-state index contributed by atoms with van der Waals surface area (Å²) in [7, 11) is 0. The lowest BCUT2D eigenvalue weighted by atomic mass is 10.2. The van der Waals surface area contributed by atoms with Gasteiger partial charge in [-0.1, -0.05) is 42.5 Å². The fraction of sp³-hybridized carbons (Fsp3) is 0.227. The second-order valence-electron chi connectivity index (χ2n) is 7.54. The Kier molecular flexibility index (Phi) is 5.78. The molecule has 3 heterocycles. The summed E-state index contributed by atoms with van der Waals surface area (Å²) in [5.74, 6) is 0.109. The van der Waals surface area contributed by atoms with Crippen LogP contribution < -0.4 is 10.6 Å². The molecule has 0 bridgehead atoms. The second-order valence-corrected chi connectivity index (χ2v) is 8.25. The number of amides is 2. The molecule has 33 heavy (non-hydrogen) atoms. The molecule has 0 aliphatic carbocycles. The summed E-state index contributed by atoms with van der Waals surface area (Å²) in [6, 6.07) is 16.2. The Hall–Kier alpha value is -3.73. The van der Waals surface area contributed by atoms with Crippen molar-refractivity contribution in [2.75, 3.05) is 25.0 Å². The van der Waals surface area contributed by atoms with Gasteiger partial charge in [0.2, 0.25) is 16.6 Å².